The van der Waals surface area contributed by atoms with E-state index < -0.39 is 17.9 Å². The molecule has 0 aliphatic heterocycles. The predicted octanol–water partition coefficient (Wildman–Crippen LogP) is 7.01. The zero-order valence-corrected chi connectivity index (χ0v) is 23.6. The SMILES string of the molecule is COC(=O)C(Cc1ccc(NC(=O)c2c(Cl)cccc2Cl)cc1)NC(=O)c1c(C(C)C)cccc1C(C)C. The van der Waals surface area contributed by atoms with Crippen molar-refractivity contribution in [3.05, 3.63) is 98.5 Å². The highest BCUT2D eigenvalue weighted by molar-refractivity contribution is 6.40. The summed E-state index contributed by atoms with van der Waals surface area (Å²) in [5.41, 5.74) is 3.95. The summed E-state index contributed by atoms with van der Waals surface area (Å²) in [5.74, 6) is -1.02. The number of carbonyl (C=O) groups is 3. The highest BCUT2D eigenvalue weighted by Gasteiger charge is 2.26. The maximum Gasteiger partial charge on any atom is 0.328 e. The van der Waals surface area contributed by atoms with Crippen molar-refractivity contribution >= 4 is 46.7 Å². The van der Waals surface area contributed by atoms with Gasteiger partial charge < -0.3 is 15.4 Å². The Labute approximate surface area is 233 Å². The Morgan fingerprint density at radius 3 is 1.79 bits per heavy atom. The minimum absolute atomic E-state index is 0.134. The summed E-state index contributed by atoms with van der Waals surface area (Å²) in [4.78, 5) is 38.8. The lowest BCUT2D eigenvalue weighted by atomic mass is 9.88. The number of hydrogen-bond donors (Lipinski definition) is 2. The molecule has 1 atom stereocenters. The van der Waals surface area contributed by atoms with E-state index in [9.17, 15) is 14.4 Å². The van der Waals surface area contributed by atoms with Crippen molar-refractivity contribution in [3.8, 4) is 0 Å². The Morgan fingerprint density at radius 2 is 1.29 bits per heavy atom. The first-order valence-electron chi connectivity index (χ1n) is 12.4. The quantitative estimate of drug-likeness (QED) is 0.278. The first kappa shape index (κ1) is 29.2. The molecular formula is C30H32Cl2N2O4. The van der Waals surface area contributed by atoms with E-state index in [1.165, 1.54) is 7.11 Å². The number of nitrogens with one attached hydrogen (secondary N) is 2. The summed E-state index contributed by atoms with van der Waals surface area (Å²) < 4.78 is 4.99. The summed E-state index contributed by atoms with van der Waals surface area (Å²) in [6, 6.07) is 16.8. The minimum atomic E-state index is -0.893. The van der Waals surface area contributed by atoms with Gasteiger partial charge in [-0.25, -0.2) is 4.79 Å². The lowest BCUT2D eigenvalue weighted by Gasteiger charge is -2.22. The molecule has 38 heavy (non-hydrogen) atoms. The van der Waals surface area contributed by atoms with Crippen LogP contribution in [0, 0.1) is 0 Å². The number of esters is 1. The Bertz CT molecular complexity index is 1270. The maximum atomic E-state index is 13.5. The van der Waals surface area contributed by atoms with Crippen molar-refractivity contribution < 1.29 is 19.1 Å². The van der Waals surface area contributed by atoms with Crippen LogP contribution in [0.4, 0.5) is 5.69 Å². The third-order valence-electron chi connectivity index (χ3n) is 6.23. The molecular weight excluding hydrogens is 523 g/mol. The molecule has 0 aromatic heterocycles. The second-order valence-corrected chi connectivity index (χ2v) is 10.4. The topological polar surface area (TPSA) is 84.5 Å². The molecule has 0 heterocycles. The fourth-order valence-electron chi connectivity index (χ4n) is 4.25. The number of hydrogen-bond acceptors (Lipinski definition) is 4. The van der Waals surface area contributed by atoms with E-state index in [1.54, 1.807) is 42.5 Å². The van der Waals surface area contributed by atoms with Gasteiger partial charge in [0.2, 0.25) is 0 Å². The van der Waals surface area contributed by atoms with Gasteiger partial charge in [-0.15, -0.1) is 0 Å². The van der Waals surface area contributed by atoms with Crippen LogP contribution in [0.25, 0.3) is 0 Å². The van der Waals surface area contributed by atoms with Gasteiger partial charge in [-0.3, -0.25) is 9.59 Å². The molecule has 0 aliphatic carbocycles. The first-order chi connectivity index (χ1) is 18.0. The molecule has 6 nitrogen and oxygen atoms in total. The summed E-state index contributed by atoms with van der Waals surface area (Å²) in [6.07, 6.45) is 0.212. The third-order valence-corrected chi connectivity index (χ3v) is 6.86. The lowest BCUT2D eigenvalue weighted by Crippen LogP contribution is -2.43. The van der Waals surface area contributed by atoms with Crippen LogP contribution in [0.1, 0.15) is 76.9 Å². The Hall–Kier alpha value is -3.35. The lowest BCUT2D eigenvalue weighted by molar-refractivity contribution is -0.142. The summed E-state index contributed by atoms with van der Waals surface area (Å²) in [7, 11) is 1.29. The van der Waals surface area contributed by atoms with Crippen LogP contribution in [0.15, 0.2) is 60.7 Å². The van der Waals surface area contributed by atoms with Crippen molar-refractivity contribution in [2.24, 2.45) is 0 Å². The first-order valence-corrected chi connectivity index (χ1v) is 13.1. The second kappa shape index (κ2) is 12.9. The zero-order valence-electron chi connectivity index (χ0n) is 22.1. The number of anilines is 1. The van der Waals surface area contributed by atoms with Crippen LogP contribution in [0.5, 0.6) is 0 Å². The highest BCUT2D eigenvalue weighted by Crippen LogP contribution is 2.28. The Morgan fingerprint density at radius 1 is 0.763 bits per heavy atom. The second-order valence-electron chi connectivity index (χ2n) is 9.62. The number of halogens is 2. The molecule has 0 fully saturated rings. The normalized spacial score (nSPS) is 11.8. The molecule has 1 unspecified atom stereocenters. The largest absolute Gasteiger partial charge is 0.467 e. The fourth-order valence-corrected chi connectivity index (χ4v) is 4.82. The van der Waals surface area contributed by atoms with Crippen LogP contribution >= 0.6 is 23.2 Å². The van der Waals surface area contributed by atoms with Crippen molar-refractivity contribution in [1.29, 1.82) is 0 Å². The number of methoxy groups -OCH3 is 1. The van der Waals surface area contributed by atoms with E-state index in [2.05, 4.69) is 10.6 Å². The van der Waals surface area contributed by atoms with Gasteiger partial charge in [-0.2, -0.15) is 0 Å². The van der Waals surface area contributed by atoms with E-state index in [0.29, 0.717) is 11.3 Å². The van der Waals surface area contributed by atoms with Gasteiger partial charge >= 0.3 is 5.97 Å². The molecule has 3 rings (SSSR count). The summed E-state index contributed by atoms with van der Waals surface area (Å²) in [5, 5.41) is 6.17. The van der Waals surface area contributed by atoms with Crippen LogP contribution in [0.3, 0.4) is 0 Å². The maximum absolute atomic E-state index is 13.5. The smallest absolute Gasteiger partial charge is 0.328 e. The van der Waals surface area contributed by atoms with E-state index in [-0.39, 0.29) is 39.8 Å². The minimum Gasteiger partial charge on any atom is -0.467 e. The standard InChI is InChI=1S/C30H32Cl2N2O4/c1-17(2)21-8-6-9-22(18(3)4)26(21)28(35)34-25(30(37)38-5)16-19-12-14-20(15-13-19)33-29(36)27-23(31)10-7-11-24(27)32/h6-15,17-18,25H,16H2,1-5H3,(H,33,36)(H,34,35). The molecule has 0 spiro atoms. The molecule has 0 saturated heterocycles. The van der Waals surface area contributed by atoms with Gasteiger partial charge in [0, 0.05) is 17.7 Å². The number of amides is 2. The van der Waals surface area contributed by atoms with Crippen molar-refractivity contribution in [1.82, 2.24) is 5.32 Å². The monoisotopic (exact) mass is 554 g/mol. The van der Waals surface area contributed by atoms with E-state index >= 15 is 0 Å². The number of benzene rings is 3. The van der Waals surface area contributed by atoms with Gasteiger partial charge in [0.05, 0.1) is 22.7 Å². The molecule has 0 saturated carbocycles. The van der Waals surface area contributed by atoms with Gasteiger partial charge in [-0.05, 0) is 52.8 Å². The number of carbonyl (C=O) groups excluding carboxylic acids is 3. The molecule has 2 N–H and O–H groups in total. The zero-order chi connectivity index (χ0) is 28.0. The molecule has 2 amide bonds. The van der Waals surface area contributed by atoms with Gasteiger partial charge in [-0.1, -0.05) is 87.3 Å². The molecule has 3 aromatic carbocycles. The molecule has 200 valence electrons. The van der Waals surface area contributed by atoms with Gasteiger partial charge in [0.15, 0.2) is 0 Å². The van der Waals surface area contributed by atoms with Crippen molar-refractivity contribution in [2.45, 2.75) is 52.0 Å². The molecule has 3 aromatic rings. The predicted molar refractivity (Wildman–Crippen MR) is 152 cm³/mol. The fraction of sp³-hybridized carbons (Fsp3) is 0.300. The Balaban J connectivity index is 1.79. The summed E-state index contributed by atoms with van der Waals surface area (Å²) >= 11 is 12.3. The van der Waals surface area contributed by atoms with Crippen molar-refractivity contribution in [3.63, 3.8) is 0 Å². The van der Waals surface area contributed by atoms with Crippen LogP contribution in [0.2, 0.25) is 10.0 Å². The van der Waals surface area contributed by atoms with Gasteiger partial charge in [0.1, 0.15) is 6.04 Å². The average Bonchev–Trinajstić information content (AvgIpc) is 2.88. The summed E-state index contributed by atoms with van der Waals surface area (Å²) in [6.45, 7) is 8.14. The van der Waals surface area contributed by atoms with E-state index in [4.69, 9.17) is 27.9 Å². The number of ether oxygens (including phenoxy) is 1. The van der Waals surface area contributed by atoms with Crippen LogP contribution in [-0.2, 0) is 16.0 Å². The van der Waals surface area contributed by atoms with E-state index in [1.807, 2.05) is 45.9 Å². The van der Waals surface area contributed by atoms with E-state index in [0.717, 1.165) is 16.7 Å². The molecule has 0 radical (unpaired) electrons. The average molecular weight is 556 g/mol. The van der Waals surface area contributed by atoms with Crippen LogP contribution < -0.4 is 10.6 Å². The molecule has 0 aliphatic rings. The van der Waals surface area contributed by atoms with Crippen molar-refractivity contribution in [2.75, 3.05) is 12.4 Å². The molecule has 0 bridgehead atoms. The molecule has 8 heteroatoms. The number of rotatable bonds is 9. The van der Waals surface area contributed by atoms with Crippen LogP contribution in [-0.4, -0.2) is 30.9 Å². The highest BCUT2D eigenvalue weighted by atomic mass is 35.5. The third kappa shape index (κ3) is 6.94. The van der Waals surface area contributed by atoms with Gasteiger partial charge in [0.25, 0.3) is 11.8 Å². The Kier molecular flexibility index (Phi) is 9.95.